The molecule has 8 aromatic heterocycles. The van der Waals surface area contributed by atoms with Crippen LogP contribution < -0.4 is 133 Å². The van der Waals surface area contributed by atoms with Crippen molar-refractivity contribution < 1.29 is 85.6 Å². The largest absolute Gasteiger partial charge is 1.00 e. The van der Waals surface area contributed by atoms with Crippen molar-refractivity contribution in [1.29, 1.82) is 0 Å². The van der Waals surface area contributed by atoms with Crippen LogP contribution in [0.15, 0.2) is 97.5 Å². The summed E-state index contributed by atoms with van der Waals surface area (Å²) in [6.45, 7) is 21.5. The first-order valence-electron chi connectivity index (χ1n) is 31.2. The number of pyridine rings is 4. The van der Waals surface area contributed by atoms with Crippen LogP contribution in [0.2, 0.25) is 0 Å². The molecule has 2 aliphatic carbocycles. The molecule has 4 aliphatic heterocycles. The molecule has 2 saturated carbocycles. The zero-order valence-corrected chi connectivity index (χ0v) is 63.6. The van der Waals surface area contributed by atoms with Gasteiger partial charge in [-0.3, -0.25) is 66.2 Å². The summed E-state index contributed by atoms with van der Waals surface area (Å²) in [5.74, 6) is 2.02. The fraction of sp³-hybridized carbons (Fsp3) is 0.354. The van der Waals surface area contributed by atoms with Crippen molar-refractivity contribution in [3.8, 4) is 0 Å². The summed E-state index contributed by atoms with van der Waals surface area (Å²) in [7, 11) is 0. The second-order valence-corrected chi connectivity index (χ2v) is 27.2. The number of anilines is 9. The summed E-state index contributed by atoms with van der Waals surface area (Å²) >= 11 is 3.20. The van der Waals surface area contributed by atoms with Crippen LogP contribution in [0.3, 0.4) is 0 Å². The van der Waals surface area contributed by atoms with Gasteiger partial charge >= 0.3 is 51.4 Å². The molecular formula is C65H76BrClKN23O11. The number of amides is 6. The van der Waals surface area contributed by atoms with E-state index in [1.807, 2.05) is 13.8 Å². The fourth-order valence-corrected chi connectivity index (χ4v) is 12.2. The number of carbonyl (C=O) groups excluding carboxylic acids is 6. The van der Waals surface area contributed by atoms with Crippen molar-refractivity contribution in [3.05, 3.63) is 176 Å². The zero-order valence-electron chi connectivity index (χ0n) is 58.0. The summed E-state index contributed by atoms with van der Waals surface area (Å²) in [6, 6.07) is 13.0. The molecule has 2 fully saturated rings. The monoisotopic (exact) mass is 1510 g/mol. The molecule has 0 saturated heterocycles. The molecule has 0 unspecified atom stereocenters. The Bertz CT molecular complexity index is 4810. The third-order valence-electron chi connectivity index (χ3n) is 16.5. The molecule has 6 amide bonds. The molecule has 0 bridgehead atoms. The Hall–Kier alpha value is -9.69. The number of halogens is 2. The molecule has 15 N–H and O–H groups in total. The number of aryl methyl sites for hydroxylation is 4. The van der Waals surface area contributed by atoms with Gasteiger partial charge in [0.15, 0.2) is 0 Å². The summed E-state index contributed by atoms with van der Waals surface area (Å²) in [6.07, 6.45) is 9.41. The van der Waals surface area contributed by atoms with Crippen molar-refractivity contribution in [2.24, 2.45) is 11.8 Å². The van der Waals surface area contributed by atoms with Crippen LogP contribution in [0.5, 0.6) is 0 Å². The molecule has 0 atom stereocenters. The van der Waals surface area contributed by atoms with Crippen LogP contribution >= 0.6 is 28.3 Å². The zero-order chi connectivity index (χ0) is 72.1. The Morgan fingerprint density at radius 1 is 0.451 bits per heavy atom. The van der Waals surface area contributed by atoms with Crippen LogP contribution in [-0.4, -0.2) is 99.1 Å². The molecule has 14 rings (SSSR count). The number of nitrogens with two attached hydrogens (primary N) is 3. The van der Waals surface area contributed by atoms with Crippen molar-refractivity contribution in [2.75, 3.05) is 38.5 Å². The number of aromatic nitrogens is 12. The number of carbonyl (C=O) groups is 6. The van der Waals surface area contributed by atoms with Gasteiger partial charge in [-0.25, -0.2) is 39.9 Å². The van der Waals surface area contributed by atoms with E-state index >= 15 is 0 Å². The maximum absolute atomic E-state index is 13.0. The first-order valence-corrected chi connectivity index (χ1v) is 32.0. The van der Waals surface area contributed by atoms with E-state index in [0.29, 0.717) is 108 Å². The van der Waals surface area contributed by atoms with Crippen LogP contribution in [-0.2, 0) is 38.7 Å². The van der Waals surface area contributed by atoms with Crippen molar-refractivity contribution >= 4 is 116 Å². The second kappa shape index (κ2) is 30.9. The number of rotatable bonds is 10. The van der Waals surface area contributed by atoms with Crippen LogP contribution in [0.1, 0.15) is 157 Å². The van der Waals surface area contributed by atoms with E-state index in [1.54, 1.807) is 106 Å². The maximum Gasteiger partial charge on any atom is 1.00 e. The molecule has 532 valence electrons. The average Bonchev–Trinajstić information content (AvgIpc) is 1.60. The maximum atomic E-state index is 13.0. The Kier molecular flexibility index (Phi) is 24.1. The Balaban J connectivity index is 0.000000181. The Morgan fingerprint density at radius 3 is 1.12 bits per heavy atom. The van der Waals surface area contributed by atoms with Gasteiger partial charge in [-0.2, -0.15) is 0 Å². The number of nitrogen functional groups attached to an aromatic ring is 3. The van der Waals surface area contributed by atoms with Gasteiger partial charge in [-0.15, -0.1) is 12.4 Å². The van der Waals surface area contributed by atoms with Crippen LogP contribution in [0.25, 0.3) is 0 Å². The molecular weight excluding hydrogens is 1430 g/mol. The number of nitrogens with one attached hydrogen (secondary N) is 8. The van der Waals surface area contributed by atoms with E-state index in [2.05, 4.69) is 98.3 Å². The smallest absolute Gasteiger partial charge is 0.870 e. The Labute approximate surface area is 639 Å². The summed E-state index contributed by atoms with van der Waals surface area (Å²) < 4.78 is 6.40. The van der Waals surface area contributed by atoms with Gasteiger partial charge in [0.05, 0.1) is 10.2 Å². The quantitative estimate of drug-likeness (QED) is 0.0869. The molecule has 12 heterocycles. The third-order valence-corrected chi connectivity index (χ3v) is 17.0. The summed E-state index contributed by atoms with van der Waals surface area (Å²) in [5, 5.41) is 22.5. The minimum Gasteiger partial charge on any atom is -0.870 e. The van der Waals surface area contributed by atoms with Crippen LogP contribution in [0.4, 0.5) is 52.1 Å². The minimum absolute atomic E-state index is 0. The molecule has 102 heavy (non-hydrogen) atoms. The number of nitrogens with zero attached hydrogens (tertiary/aromatic N) is 12. The number of hydrogen-bond donors (Lipinski definition) is 11. The van der Waals surface area contributed by atoms with Gasteiger partial charge in [-0.05, 0) is 171 Å². The van der Waals surface area contributed by atoms with Gasteiger partial charge in [0.2, 0.25) is 11.8 Å². The second-order valence-electron chi connectivity index (χ2n) is 26.4. The van der Waals surface area contributed by atoms with Gasteiger partial charge in [-0.1, -0.05) is 0 Å². The molecule has 8 aromatic rings. The van der Waals surface area contributed by atoms with Crippen molar-refractivity contribution in [1.82, 2.24) is 79.4 Å². The normalized spacial score (nSPS) is 15.7. The first-order chi connectivity index (χ1) is 46.4. The predicted molar refractivity (Wildman–Crippen MR) is 379 cm³/mol. The molecule has 6 aliphatic rings. The topological polar surface area (TPSA) is 498 Å². The van der Waals surface area contributed by atoms with Gasteiger partial charge in [0.25, 0.3) is 45.9 Å². The SMILES string of the molecule is Cc1cc(Br)c(=O)n2c1C(=O)NC2(C)C.Cc1cc(Cc2cc(NC(=O)C3CC3)ncn2)c(=O)n2c1C(=O)NC2(C)C.Cc1cc(Nc2cc(N)ncn2)c(=O)n2c1C(=O)NC2(C)C.Cc1cc(Nc2cc(N)ncn2)c(=O)n2c1C(=O)NC2(C)C.Cl.Nc1cc(NC(=O)C2CC2)ncn1.[K+].[OH-]. The van der Waals surface area contributed by atoms with E-state index in [9.17, 15) is 47.9 Å². The van der Waals surface area contributed by atoms with Gasteiger partial charge in [0.1, 0.15) is 123 Å². The minimum atomic E-state index is -0.781. The Morgan fingerprint density at radius 2 is 0.755 bits per heavy atom. The van der Waals surface area contributed by atoms with Crippen LogP contribution in [0, 0.1) is 39.5 Å². The number of hydrogen-bond acceptors (Lipinski definition) is 24. The van der Waals surface area contributed by atoms with E-state index in [0.717, 1.165) is 36.8 Å². The van der Waals surface area contributed by atoms with E-state index in [4.69, 9.17) is 17.2 Å². The molecule has 0 aromatic carbocycles. The summed E-state index contributed by atoms with van der Waals surface area (Å²) in [4.78, 5) is 153. The average molecular weight is 1510 g/mol. The number of fused-ring (bicyclic) bond motifs is 4. The molecule has 37 heteroatoms. The van der Waals surface area contributed by atoms with E-state index in [1.165, 1.54) is 55.7 Å². The molecule has 0 radical (unpaired) electrons. The van der Waals surface area contributed by atoms with E-state index in [-0.39, 0.29) is 139 Å². The van der Waals surface area contributed by atoms with Gasteiger partial charge < -0.3 is 65.2 Å². The standard InChI is InChI=1S/C19H21N5O3.2C14H16N6O2.C10H11BrN2O2.C8H10N4O.ClH.K.H2O/c1-10-6-12(18(27)24-15(10)17(26)23-19(24,2)3)7-13-8-14(21-9-20-13)22-16(25)11-4-5-11;2*1-7-4-8(18-10-5-9(15)16-6-17-10)13(22)20-11(7)12(21)19-14(20,2)3;1-5-4-6(11)9(15)13-7(5)8(14)12-10(13,2)3;9-6-3-7(11-4-10-6)12-8(13)5-1-2-5;;;/h6,8-9,11H,4-5,7H2,1-3H3,(H,23,26)(H,20,21,22,25);2*4-6H,1-3H3,(H,19,21)(H3,15,16,17,18);4H,1-3H3,(H,12,14);3-5H,1-2H2,(H3,9,10,11,12,13);1H;;1H2/q;;;;;;+1;/p-1. The van der Waals surface area contributed by atoms with E-state index < -0.39 is 22.7 Å². The summed E-state index contributed by atoms with van der Waals surface area (Å²) in [5.41, 5.74) is 19.0. The molecule has 34 nitrogen and oxygen atoms in total. The predicted octanol–water partition coefficient (Wildman–Crippen LogP) is 1.75. The molecule has 0 spiro atoms. The fourth-order valence-electron chi connectivity index (χ4n) is 11.6. The third kappa shape index (κ3) is 17.3. The first kappa shape index (κ1) is 79.6. The van der Waals surface area contributed by atoms with Gasteiger partial charge in [0, 0.05) is 48.1 Å². The van der Waals surface area contributed by atoms with Crippen molar-refractivity contribution in [2.45, 2.75) is 138 Å². The van der Waals surface area contributed by atoms with Crippen molar-refractivity contribution in [3.63, 3.8) is 0 Å².